The molecule has 2 amide bonds. The number of hydrogen-bond acceptors (Lipinski definition) is 7. The van der Waals surface area contributed by atoms with Crippen LogP contribution in [-0.2, 0) is 33.0 Å². The number of piperidine rings is 1. The summed E-state index contributed by atoms with van der Waals surface area (Å²) in [5.41, 5.74) is 0.281. The summed E-state index contributed by atoms with van der Waals surface area (Å²) in [6.07, 6.45) is -0.871. The number of carbonyl (C=O) groups is 3. The standard InChI is InChI=1S/C24H26N4O4S.C2HF3O2/c1-31-18-5-2-4-17(14-18)15-26-21(29)19-16-28-12-9-25-23(28)24(32-19)7-10-27(11-8-24)22(30)20-6-3-13-33-20;3-2(4,5)1(6)7/h2-6,9,12-14,19H,7-8,10-11,15-16H2,1H3,(H,26,29);(H,6,7). The number of thiophene rings is 1. The number of nitrogens with one attached hydrogen (secondary N) is 1. The molecule has 4 heterocycles. The number of ether oxygens (including phenoxy) is 2. The Bertz CT molecular complexity index is 1340. The van der Waals surface area contributed by atoms with Gasteiger partial charge in [0.05, 0.1) is 18.5 Å². The Hall–Kier alpha value is -3.91. The van der Waals surface area contributed by atoms with Crippen molar-refractivity contribution in [1.82, 2.24) is 19.8 Å². The van der Waals surface area contributed by atoms with Gasteiger partial charge in [0, 0.05) is 44.9 Å². The average Bonchev–Trinajstić information content (AvgIpc) is 3.65. The van der Waals surface area contributed by atoms with Crippen LogP contribution in [0.25, 0.3) is 0 Å². The average molecular weight is 581 g/mol. The summed E-state index contributed by atoms with van der Waals surface area (Å²) >= 11 is 1.45. The molecule has 40 heavy (non-hydrogen) atoms. The summed E-state index contributed by atoms with van der Waals surface area (Å²) in [5.74, 6) is -1.28. The van der Waals surface area contributed by atoms with Crippen LogP contribution in [0.3, 0.4) is 0 Å². The number of rotatable bonds is 5. The summed E-state index contributed by atoms with van der Waals surface area (Å²) in [4.78, 5) is 41.9. The molecule has 1 atom stereocenters. The van der Waals surface area contributed by atoms with Crippen LogP contribution >= 0.6 is 11.3 Å². The lowest BCUT2D eigenvalue weighted by Gasteiger charge is -2.45. The molecule has 1 aromatic carbocycles. The molecule has 3 aromatic rings. The number of likely N-dealkylation sites (tertiary alicyclic amines) is 1. The number of alkyl halides is 3. The highest BCUT2D eigenvalue weighted by atomic mass is 32.1. The Balaban J connectivity index is 0.000000470. The first-order valence-corrected chi connectivity index (χ1v) is 13.1. The number of fused-ring (bicyclic) bond motifs is 2. The number of methoxy groups -OCH3 is 1. The van der Waals surface area contributed by atoms with E-state index in [-0.39, 0.29) is 11.8 Å². The lowest BCUT2D eigenvalue weighted by molar-refractivity contribution is -0.192. The van der Waals surface area contributed by atoms with Crippen molar-refractivity contribution in [3.63, 3.8) is 0 Å². The number of amides is 2. The molecule has 0 bridgehead atoms. The zero-order valence-electron chi connectivity index (χ0n) is 21.4. The summed E-state index contributed by atoms with van der Waals surface area (Å²) in [5, 5.41) is 12.0. The lowest BCUT2D eigenvalue weighted by Crippen LogP contribution is -2.54. The lowest BCUT2D eigenvalue weighted by atomic mass is 9.88. The van der Waals surface area contributed by atoms with Gasteiger partial charge in [0.25, 0.3) is 11.8 Å². The largest absolute Gasteiger partial charge is 0.497 e. The molecule has 0 aliphatic carbocycles. The SMILES string of the molecule is COc1cccc(CNC(=O)C2Cn3ccnc3C3(CCN(C(=O)c4cccs4)CC3)O2)c1.O=C(O)C(F)(F)F. The molecule has 5 rings (SSSR count). The maximum absolute atomic E-state index is 13.0. The Morgan fingerprint density at radius 2 is 1.95 bits per heavy atom. The molecule has 0 saturated carbocycles. The van der Waals surface area contributed by atoms with Crippen LogP contribution in [0.5, 0.6) is 5.75 Å². The Morgan fingerprint density at radius 1 is 1.23 bits per heavy atom. The summed E-state index contributed by atoms with van der Waals surface area (Å²) in [6, 6.07) is 11.4. The molecule has 2 aromatic heterocycles. The van der Waals surface area contributed by atoms with Gasteiger partial charge in [-0.1, -0.05) is 18.2 Å². The highest BCUT2D eigenvalue weighted by Crippen LogP contribution is 2.40. The van der Waals surface area contributed by atoms with Crippen LogP contribution in [0.4, 0.5) is 13.2 Å². The number of nitrogens with zero attached hydrogens (tertiary/aromatic N) is 3. The van der Waals surface area contributed by atoms with Crippen LogP contribution in [0.1, 0.15) is 33.9 Å². The molecular formula is C26H27F3N4O6S. The maximum atomic E-state index is 13.0. The summed E-state index contributed by atoms with van der Waals surface area (Å²) < 4.78 is 45.5. The van der Waals surface area contributed by atoms with Gasteiger partial charge < -0.3 is 29.4 Å². The van der Waals surface area contributed by atoms with E-state index in [2.05, 4.69) is 10.3 Å². The van der Waals surface area contributed by atoms with Gasteiger partial charge in [-0.05, 0) is 29.1 Å². The number of aromatic nitrogens is 2. The van der Waals surface area contributed by atoms with Crippen LogP contribution in [0.2, 0.25) is 0 Å². The number of carboxylic acids is 1. The van der Waals surface area contributed by atoms with E-state index in [1.165, 1.54) is 11.3 Å². The third kappa shape index (κ3) is 6.62. The summed E-state index contributed by atoms with van der Waals surface area (Å²) in [7, 11) is 1.62. The van der Waals surface area contributed by atoms with Crippen molar-refractivity contribution < 1.29 is 42.1 Å². The number of carboxylic acid groups (broad SMARTS) is 1. The fourth-order valence-corrected chi connectivity index (χ4v) is 5.28. The van der Waals surface area contributed by atoms with E-state index in [1.54, 1.807) is 13.3 Å². The molecule has 1 saturated heterocycles. The predicted octanol–water partition coefficient (Wildman–Crippen LogP) is 3.43. The van der Waals surface area contributed by atoms with Gasteiger partial charge in [0.1, 0.15) is 17.2 Å². The van der Waals surface area contributed by atoms with Crippen LogP contribution in [0, 0.1) is 0 Å². The molecule has 2 aliphatic heterocycles. The number of benzene rings is 1. The zero-order valence-corrected chi connectivity index (χ0v) is 22.2. The Kier molecular flexibility index (Phi) is 8.79. The molecule has 10 nitrogen and oxygen atoms in total. The van der Waals surface area contributed by atoms with Gasteiger partial charge in [-0.25, -0.2) is 9.78 Å². The van der Waals surface area contributed by atoms with Gasteiger partial charge in [-0.3, -0.25) is 9.59 Å². The second-order valence-corrected chi connectivity index (χ2v) is 10.1. The molecule has 0 radical (unpaired) electrons. The van der Waals surface area contributed by atoms with E-state index in [0.717, 1.165) is 22.0 Å². The van der Waals surface area contributed by atoms with E-state index in [1.807, 2.05) is 57.4 Å². The van der Waals surface area contributed by atoms with Crippen molar-refractivity contribution >= 4 is 29.1 Å². The van der Waals surface area contributed by atoms with E-state index >= 15 is 0 Å². The fraction of sp³-hybridized carbons (Fsp3) is 0.385. The van der Waals surface area contributed by atoms with Crippen molar-refractivity contribution in [3.05, 3.63) is 70.4 Å². The molecule has 1 unspecified atom stereocenters. The van der Waals surface area contributed by atoms with Gasteiger partial charge >= 0.3 is 12.1 Å². The van der Waals surface area contributed by atoms with E-state index < -0.39 is 23.9 Å². The van der Waals surface area contributed by atoms with Crippen LogP contribution < -0.4 is 10.1 Å². The van der Waals surface area contributed by atoms with Crippen molar-refractivity contribution in [2.24, 2.45) is 0 Å². The van der Waals surface area contributed by atoms with Crippen molar-refractivity contribution in [2.45, 2.75) is 43.8 Å². The first-order valence-electron chi connectivity index (χ1n) is 12.3. The van der Waals surface area contributed by atoms with Crippen molar-refractivity contribution in [2.75, 3.05) is 20.2 Å². The minimum atomic E-state index is -5.08. The number of aliphatic carboxylic acids is 1. The van der Waals surface area contributed by atoms with Crippen LogP contribution in [-0.4, -0.2) is 69.8 Å². The van der Waals surface area contributed by atoms with Gasteiger partial charge in [-0.15, -0.1) is 11.3 Å². The molecule has 2 aliphatic rings. The highest BCUT2D eigenvalue weighted by Gasteiger charge is 2.47. The quantitative estimate of drug-likeness (QED) is 0.474. The van der Waals surface area contributed by atoms with Crippen molar-refractivity contribution in [3.8, 4) is 5.75 Å². The number of halogens is 3. The molecule has 1 fully saturated rings. The van der Waals surface area contributed by atoms with E-state index in [9.17, 15) is 22.8 Å². The summed E-state index contributed by atoms with van der Waals surface area (Å²) in [6.45, 7) is 1.92. The van der Waals surface area contributed by atoms with Crippen molar-refractivity contribution in [1.29, 1.82) is 0 Å². The molecule has 14 heteroatoms. The minimum Gasteiger partial charge on any atom is -0.497 e. The monoisotopic (exact) mass is 580 g/mol. The molecule has 1 spiro atoms. The third-order valence-corrected chi connectivity index (χ3v) is 7.44. The first kappa shape index (κ1) is 29.1. The second kappa shape index (κ2) is 12.1. The first-order chi connectivity index (χ1) is 19.0. The number of hydrogen-bond donors (Lipinski definition) is 2. The molecule has 214 valence electrons. The topological polar surface area (TPSA) is 123 Å². The second-order valence-electron chi connectivity index (χ2n) is 9.15. The molecule has 2 N–H and O–H groups in total. The van der Waals surface area contributed by atoms with E-state index in [4.69, 9.17) is 19.4 Å². The van der Waals surface area contributed by atoms with E-state index in [0.29, 0.717) is 39.0 Å². The highest BCUT2D eigenvalue weighted by molar-refractivity contribution is 7.12. The number of imidazole rings is 1. The number of carbonyl (C=O) groups excluding carboxylic acids is 2. The fourth-order valence-electron chi connectivity index (χ4n) is 4.59. The zero-order chi connectivity index (χ0) is 28.9. The van der Waals surface area contributed by atoms with Gasteiger partial charge in [0.15, 0.2) is 6.10 Å². The Morgan fingerprint density at radius 3 is 2.58 bits per heavy atom. The normalized spacial score (nSPS) is 17.8. The smallest absolute Gasteiger partial charge is 0.490 e. The molecular weight excluding hydrogens is 553 g/mol. The predicted molar refractivity (Wildman–Crippen MR) is 137 cm³/mol. The van der Waals surface area contributed by atoms with Gasteiger partial charge in [0.2, 0.25) is 0 Å². The third-order valence-electron chi connectivity index (χ3n) is 6.58. The van der Waals surface area contributed by atoms with Gasteiger partial charge in [-0.2, -0.15) is 13.2 Å². The minimum absolute atomic E-state index is 0.0478. The Labute approximate surface area is 231 Å². The van der Waals surface area contributed by atoms with Crippen LogP contribution in [0.15, 0.2) is 54.2 Å². The maximum Gasteiger partial charge on any atom is 0.490 e.